The second-order valence-electron chi connectivity index (χ2n) is 11.1. The van der Waals surface area contributed by atoms with Gasteiger partial charge in [0, 0.05) is 43.8 Å². The summed E-state index contributed by atoms with van der Waals surface area (Å²) in [4.78, 5) is 2.48. The highest BCUT2D eigenvalue weighted by atomic mass is 16.3. The van der Waals surface area contributed by atoms with Gasteiger partial charge in [-0.05, 0) is 37.8 Å². The number of rotatable bonds is 4. The highest BCUT2D eigenvalue weighted by Gasteiger charge is 2.82. The Balaban J connectivity index is 1.55. The number of allylic oxidation sites excluding steroid dienone is 1. The maximum Gasteiger partial charge on any atom is 0.194 e. The number of para-hydroxylation sites is 1. The van der Waals surface area contributed by atoms with E-state index in [0.29, 0.717) is 29.8 Å². The Hall–Kier alpha value is -1.36. The van der Waals surface area contributed by atoms with E-state index in [2.05, 4.69) is 63.1 Å². The molecule has 1 aliphatic carbocycles. The van der Waals surface area contributed by atoms with Gasteiger partial charge in [0.15, 0.2) is 6.23 Å². The lowest BCUT2D eigenvalue weighted by Gasteiger charge is -2.68. The Labute approximate surface area is 180 Å². The van der Waals surface area contributed by atoms with Gasteiger partial charge < -0.3 is 15.1 Å². The number of likely N-dealkylation sites (N-methyl/N-ethyl adjacent to an activating group) is 1. The third kappa shape index (κ3) is 1.91. The third-order valence-corrected chi connectivity index (χ3v) is 10.2. The molecule has 4 nitrogen and oxygen atoms in total. The van der Waals surface area contributed by atoms with Crippen molar-refractivity contribution < 1.29 is 14.7 Å². The van der Waals surface area contributed by atoms with Crippen molar-refractivity contribution in [3.63, 3.8) is 0 Å². The second-order valence-corrected chi connectivity index (χ2v) is 11.1. The molecule has 162 valence electrons. The van der Waals surface area contributed by atoms with Crippen molar-refractivity contribution in [3.05, 3.63) is 41.5 Å². The highest BCUT2D eigenvalue weighted by Crippen LogP contribution is 2.71. The number of aliphatic hydroxyl groups excluding tert-OH is 2. The quantitative estimate of drug-likeness (QED) is 0.592. The number of aliphatic hydroxyl groups is 2. The smallest absolute Gasteiger partial charge is 0.194 e. The molecule has 0 aromatic heterocycles. The van der Waals surface area contributed by atoms with Crippen molar-refractivity contribution in [2.45, 2.75) is 82.3 Å². The number of hydrogen-bond donors (Lipinski definition) is 2. The Kier molecular flexibility index (Phi) is 3.94. The number of anilines is 1. The van der Waals surface area contributed by atoms with E-state index in [1.54, 1.807) is 0 Å². The summed E-state index contributed by atoms with van der Waals surface area (Å²) in [6.07, 6.45) is 5.99. The van der Waals surface area contributed by atoms with Gasteiger partial charge >= 0.3 is 0 Å². The molecule has 5 aliphatic heterocycles. The molecule has 10 atom stereocenters. The van der Waals surface area contributed by atoms with Crippen LogP contribution in [0.5, 0.6) is 0 Å². The van der Waals surface area contributed by atoms with Crippen LogP contribution in [0.4, 0.5) is 5.69 Å². The Morgan fingerprint density at radius 2 is 2.00 bits per heavy atom. The predicted octanol–water partition coefficient (Wildman–Crippen LogP) is 3.43. The Morgan fingerprint density at radius 1 is 1.23 bits per heavy atom. The summed E-state index contributed by atoms with van der Waals surface area (Å²) in [6, 6.07) is 9.89. The van der Waals surface area contributed by atoms with E-state index in [1.807, 2.05) is 0 Å². The molecular weight excluding hydrogens is 372 g/mol. The van der Waals surface area contributed by atoms with E-state index in [4.69, 9.17) is 0 Å². The fraction of sp³-hybridized carbons (Fsp3) is 0.692. The molecule has 5 heterocycles. The zero-order valence-corrected chi connectivity index (χ0v) is 18.8. The van der Waals surface area contributed by atoms with Crippen LogP contribution < -0.4 is 4.90 Å². The number of quaternary nitrogens is 1. The summed E-state index contributed by atoms with van der Waals surface area (Å²) in [6.45, 7) is 7.59. The average molecular weight is 410 g/mol. The molecular formula is C26H37N2O2+. The summed E-state index contributed by atoms with van der Waals surface area (Å²) in [5.41, 5.74) is 3.88. The number of hydrogen-bond acceptors (Lipinski definition) is 3. The molecule has 4 heteroatoms. The minimum absolute atomic E-state index is 0.152. The Bertz CT molecular complexity index is 910. The van der Waals surface area contributed by atoms with E-state index >= 15 is 0 Å². The summed E-state index contributed by atoms with van der Waals surface area (Å²) < 4.78 is 0.839. The van der Waals surface area contributed by atoms with Crippen molar-refractivity contribution in [1.82, 2.24) is 0 Å². The van der Waals surface area contributed by atoms with Gasteiger partial charge in [-0.3, -0.25) is 4.48 Å². The lowest BCUT2D eigenvalue weighted by molar-refractivity contribution is -1.04. The van der Waals surface area contributed by atoms with Crippen LogP contribution in [0.15, 0.2) is 35.9 Å². The molecule has 0 amide bonds. The fourth-order valence-electron chi connectivity index (χ4n) is 9.42. The van der Waals surface area contributed by atoms with Crippen molar-refractivity contribution in [2.24, 2.45) is 17.8 Å². The topological polar surface area (TPSA) is 43.7 Å². The van der Waals surface area contributed by atoms with Gasteiger partial charge in [-0.1, -0.05) is 36.8 Å². The molecule has 6 aliphatic rings. The first-order valence-electron chi connectivity index (χ1n) is 12.1. The minimum Gasteiger partial charge on any atom is -0.392 e. The molecule has 30 heavy (non-hydrogen) atoms. The molecule has 2 N–H and O–H groups in total. The monoisotopic (exact) mass is 409 g/mol. The molecule has 7 rings (SSSR count). The van der Waals surface area contributed by atoms with Gasteiger partial charge in [0.25, 0.3) is 0 Å². The summed E-state index contributed by atoms with van der Waals surface area (Å²) in [5.74, 6) is 1.10. The van der Waals surface area contributed by atoms with Gasteiger partial charge in [-0.2, -0.15) is 0 Å². The van der Waals surface area contributed by atoms with Crippen LogP contribution in [0.25, 0.3) is 0 Å². The van der Waals surface area contributed by atoms with Crippen LogP contribution in [0.1, 0.15) is 52.0 Å². The van der Waals surface area contributed by atoms with Crippen molar-refractivity contribution in [1.29, 1.82) is 0 Å². The van der Waals surface area contributed by atoms with Gasteiger partial charge in [0.1, 0.15) is 6.04 Å². The van der Waals surface area contributed by atoms with Crippen LogP contribution in [0.3, 0.4) is 0 Å². The molecule has 0 radical (unpaired) electrons. The normalized spacial score (nSPS) is 49.3. The molecule has 1 aromatic rings. The summed E-state index contributed by atoms with van der Waals surface area (Å²) >= 11 is 0. The maximum atomic E-state index is 12.0. The summed E-state index contributed by atoms with van der Waals surface area (Å²) in [7, 11) is 2.24. The van der Waals surface area contributed by atoms with Crippen LogP contribution in [-0.4, -0.2) is 58.7 Å². The largest absolute Gasteiger partial charge is 0.392 e. The number of benzene rings is 1. The van der Waals surface area contributed by atoms with E-state index in [-0.39, 0.29) is 23.8 Å². The number of nitrogens with zero attached hydrogens (tertiary/aromatic N) is 2. The first kappa shape index (κ1) is 19.3. The van der Waals surface area contributed by atoms with Crippen molar-refractivity contribution in [2.75, 3.05) is 18.5 Å². The fourth-order valence-corrected chi connectivity index (χ4v) is 9.42. The van der Waals surface area contributed by atoms with Gasteiger partial charge in [-0.15, -0.1) is 0 Å². The van der Waals surface area contributed by atoms with E-state index < -0.39 is 0 Å². The van der Waals surface area contributed by atoms with Gasteiger partial charge in [-0.25, -0.2) is 0 Å². The standard InChI is InChI=1S/C26H37N2O2/c1-5-16-17-13-20-23-26(18-10-6-7-11-19(18)27(23)4)14-21(22(17)24(26)29)28(20,25(16)30)12-8-9-15(2)3/h6-7,9-11,16-17,20-25,29-30H,5,8,12-14H2,1-4H3/q+1. The van der Waals surface area contributed by atoms with Crippen LogP contribution >= 0.6 is 0 Å². The first-order valence-corrected chi connectivity index (χ1v) is 12.1. The SMILES string of the molecule is CCC1C2CC3C4N(C)c5ccccc5C45CC(C2C5O)[N+]3(CCC=C(C)C)C1O. The molecule has 1 saturated carbocycles. The predicted molar refractivity (Wildman–Crippen MR) is 119 cm³/mol. The van der Waals surface area contributed by atoms with E-state index in [1.165, 1.54) is 16.8 Å². The lowest BCUT2D eigenvalue weighted by Crippen LogP contribution is -2.83. The Morgan fingerprint density at radius 3 is 2.73 bits per heavy atom. The van der Waals surface area contributed by atoms with E-state index in [0.717, 1.165) is 36.7 Å². The zero-order chi connectivity index (χ0) is 21.0. The zero-order valence-electron chi connectivity index (χ0n) is 18.8. The van der Waals surface area contributed by atoms with E-state index in [9.17, 15) is 10.2 Å². The van der Waals surface area contributed by atoms with Crippen LogP contribution in [0, 0.1) is 17.8 Å². The average Bonchev–Trinajstić information content (AvgIpc) is 3.11. The molecule has 5 fully saturated rings. The molecule has 1 spiro atoms. The van der Waals surface area contributed by atoms with Crippen LogP contribution in [-0.2, 0) is 5.41 Å². The van der Waals surface area contributed by atoms with Gasteiger partial charge in [0.05, 0.1) is 30.1 Å². The van der Waals surface area contributed by atoms with Gasteiger partial charge in [0.2, 0.25) is 0 Å². The molecule has 4 saturated heterocycles. The summed E-state index contributed by atoms with van der Waals surface area (Å²) in [5, 5.41) is 23.9. The molecule has 10 unspecified atom stereocenters. The second kappa shape index (κ2) is 6.11. The number of piperidine rings is 4. The van der Waals surface area contributed by atoms with Crippen molar-refractivity contribution in [3.8, 4) is 0 Å². The lowest BCUT2D eigenvalue weighted by atomic mass is 9.60. The maximum absolute atomic E-state index is 12.0. The molecule has 5 bridgehead atoms. The third-order valence-electron chi connectivity index (χ3n) is 10.2. The molecule has 1 aromatic carbocycles. The van der Waals surface area contributed by atoms with Crippen LogP contribution in [0.2, 0.25) is 0 Å². The number of fused-ring (bicyclic) bond motifs is 2. The minimum atomic E-state index is -0.293. The first-order chi connectivity index (χ1) is 14.4. The van der Waals surface area contributed by atoms with Crippen molar-refractivity contribution >= 4 is 5.69 Å². The highest BCUT2D eigenvalue weighted by molar-refractivity contribution is 5.66.